The molecule has 1 fully saturated rings. The Hall–Kier alpha value is -1.14. The zero-order chi connectivity index (χ0) is 15.4. The van der Waals surface area contributed by atoms with Gasteiger partial charge in [-0.25, -0.2) is 9.97 Å². The number of aliphatic hydroxyl groups is 1. The fraction of sp³-hybridized carbons (Fsp3) is 0.667. The summed E-state index contributed by atoms with van der Waals surface area (Å²) >= 11 is 1.46. The van der Waals surface area contributed by atoms with Crippen LogP contribution in [0, 0.1) is 25.7 Å². The number of aryl methyl sites for hydroxylation is 2. The van der Waals surface area contributed by atoms with Gasteiger partial charge in [0.1, 0.15) is 10.9 Å². The molecule has 2 unspecified atom stereocenters. The van der Waals surface area contributed by atoms with Crippen LogP contribution in [0.3, 0.4) is 0 Å². The molecule has 1 saturated carbocycles. The molecule has 2 N–H and O–H groups in total. The molecule has 5 nitrogen and oxygen atoms in total. The lowest BCUT2D eigenvalue weighted by Gasteiger charge is -2.18. The molecule has 1 aromatic heterocycles. The third-order valence-corrected chi connectivity index (χ3v) is 4.85. The minimum Gasteiger partial charge on any atom is -0.396 e. The molecule has 1 aliphatic rings. The van der Waals surface area contributed by atoms with E-state index < -0.39 is 0 Å². The van der Waals surface area contributed by atoms with Crippen LogP contribution in [0.1, 0.15) is 41.1 Å². The Balaban J connectivity index is 2.07. The van der Waals surface area contributed by atoms with Gasteiger partial charge < -0.3 is 10.4 Å². The number of nitrogens with one attached hydrogen (secondary N) is 1. The lowest BCUT2D eigenvalue weighted by Crippen LogP contribution is -2.32. The summed E-state index contributed by atoms with van der Waals surface area (Å²) in [6.45, 7) is 4.50. The first kappa shape index (κ1) is 16.2. The smallest absolute Gasteiger partial charge is 0.255 e. The molecule has 1 amide bonds. The summed E-state index contributed by atoms with van der Waals surface area (Å²) < 4.78 is 0. The summed E-state index contributed by atoms with van der Waals surface area (Å²) in [6, 6.07) is 0. The van der Waals surface area contributed by atoms with E-state index in [9.17, 15) is 9.90 Å². The van der Waals surface area contributed by atoms with Crippen molar-refractivity contribution >= 4 is 17.7 Å². The maximum Gasteiger partial charge on any atom is 0.255 e. The van der Waals surface area contributed by atoms with Crippen molar-refractivity contribution in [2.75, 3.05) is 19.4 Å². The minimum atomic E-state index is -0.111. The first-order valence-corrected chi connectivity index (χ1v) is 8.57. The number of amides is 1. The topological polar surface area (TPSA) is 75.1 Å². The minimum absolute atomic E-state index is 0.111. The number of nitrogens with zero attached hydrogens (tertiary/aromatic N) is 2. The fourth-order valence-electron chi connectivity index (χ4n) is 3.03. The van der Waals surface area contributed by atoms with Gasteiger partial charge in [-0.3, -0.25) is 4.79 Å². The molecule has 6 heteroatoms. The molecule has 0 saturated heterocycles. The van der Waals surface area contributed by atoms with Crippen molar-refractivity contribution in [2.45, 2.75) is 38.1 Å². The van der Waals surface area contributed by atoms with E-state index in [1.54, 1.807) is 0 Å². The largest absolute Gasteiger partial charge is 0.396 e. The highest BCUT2D eigenvalue weighted by atomic mass is 32.2. The SMILES string of the molecule is CSc1nc(C)nc(C)c1C(=O)NCC1CCCC1CO. The summed E-state index contributed by atoms with van der Waals surface area (Å²) in [5.41, 5.74) is 1.29. The summed E-state index contributed by atoms with van der Waals surface area (Å²) in [7, 11) is 0. The van der Waals surface area contributed by atoms with Crippen molar-refractivity contribution in [2.24, 2.45) is 11.8 Å². The van der Waals surface area contributed by atoms with E-state index >= 15 is 0 Å². The van der Waals surface area contributed by atoms with Gasteiger partial charge in [-0.1, -0.05) is 6.42 Å². The second-order valence-electron chi connectivity index (χ2n) is 5.58. The Bertz CT molecular complexity index is 522. The van der Waals surface area contributed by atoms with Crippen LogP contribution in [0.15, 0.2) is 5.03 Å². The lowest BCUT2D eigenvalue weighted by atomic mass is 9.97. The number of aromatic nitrogens is 2. The molecule has 1 heterocycles. The summed E-state index contributed by atoms with van der Waals surface area (Å²) in [4.78, 5) is 21.1. The molecule has 2 rings (SSSR count). The van der Waals surface area contributed by atoms with Gasteiger partial charge in [-0.05, 0) is 44.8 Å². The highest BCUT2D eigenvalue weighted by Gasteiger charge is 2.27. The molecule has 21 heavy (non-hydrogen) atoms. The highest BCUT2D eigenvalue weighted by molar-refractivity contribution is 7.98. The molecular formula is C15H23N3O2S. The number of hydrogen-bond donors (Lipinski definition) is 2. The number of rotatable bonds is 5. The highest BCUT2D eigenvalue weighted by Crippen LogP contribution is 2.30. The van der Waals surface area contributed by atoms with Gasteiger partial charge in [0.25, 0.3) is 5.91 Å². The van der Waals surface area contributed by atoms with Crippen molar-refractivity contribution in [3.8, 4) is 0 Å². The van der Waals surface area contributed by atoms with Gasteiger partial charge in [-0.2, -0.15) is 0 Å². The summed E-state index contributed by atoms with van der Waals surface area (Å²) in [5.74, 6) is 1.27. The maximum atomic E-state index is 12.4. The average Bonchev–Trinajstić information content (AvgIpc) is 2.91. The van der Waals surface area contributed by atoms with E-state index in [1.165, 1.54) is 11.8 Å². The predicted molar refractivity (Wildman–Crippen MR) is 83.5 cm³/mol. The van der Waals surface area contributed by atoms with Crippen molar-refractivity contribution in [1.82, 2.24) is 15.3 Å². The van der Waals surface area contributed by atoms with Crippen molar-refractivity contribution in [3.63, 3.8) is 0 Å². The fourth-order valence-corrected chi connectivity index (χ4v) is 3.69. The maximum absolute atomic E-state index is 12.4. The van der Waals surface area contributed by atoms with Gasteiger partial charge in [0.05, 0.1) is 11.3 Å². The Morgan fingerprint density at radius 2 is 2.05 bits per heavy atom. The molecule has 0 aliphatic heterocycles. The van der Waals surface area contributed by atoms with Crippen molar-refractivity contribution in [3.05, 3.63) is 17.1 Å². The van der Waals surface area contributed by atoms with Crippen LogP contribution in [0.5, 0.6) is 0 Å². The third-order valence-electron chi connectivity index (χ3n) is 4.16. The summed E-state index contributed by atoms with van der Waals surface area (Å²) in [5, 5.41) is 13.1. The first-order chi connectivity index (χ1) is 10.1. The molecule has 1 aliphatic carbocycles. The Morgan fingerprint density at radius 1 is 1.33 bits per heavy atom. The number of thioether (sulfide) groups is 1. The van der Waals surface area contributed by atoms with Gasteiger partial charge in [0.15, 0.2) is 0 Å². The standard InChI is InChI=1S/C15H23N3O2S/c1-9-13(15(21-3)18-10(2)17-9)14(20)16-7-11-5-4-6-12(11)8-19/h11-12,19H,4-8H2,1-3H3,(H,16,20). The first-order valence-electron chi connectivity index (χ1n) is 7.35. The zero-order valence-electron chi connectivity index (χ0n) is 12.8. The molecule has 2 atom stereocenters. The van der Waals surface area contributed by atoms with Gasteiger partial charge >= 0.3 is 0 Å². The quantitative estimate of drug-likeness (QED) is 0.642. The molecular weight excluding hydrogens is 286 g/mol. The molecule has 0 bridgehead atoms. The normalized spacial score (nSPS) is 21.5. The molecule has 0 radical (unpaired) electrons. The van der Waals surface area contributed by atoms with Gasteiger partial charge in [0, 0.05) is 13.2 Å². The monoisotopic (exact) mass is 309 g/mol. The van der Waals surface area contributed by atoms with Crippen LogP contribution in [0.4, 0.5) is 0 Å². The van der Waals surface area contributed by atoms with E-state index in [1.807, 2.05) is 20.1 Å². The Morgan fingerprint density at radius 3 is 2.71 bits per heavy atom. The van der Waals surface area contributed by atoms with Gasteiger partial charge in [0.2, 0.25) is 0 Å². The predicted octanol–water partition coefficient (Wildman–Crippen LogP) is 1.95. The van der Waals surface area contributed by atoms with Crippen molar-refractivity contribution in [1.29, 1.82) is 0 Å². The van der Waals surface area contributed by atoms with Crippen LogP contribution in [-0.2, 0) is 0 Å². The molecule has 116 valence electrons. The Labute approximate surface area is 130 Å². The second-order valence-corrected chi connectivity index (χ2v) is 6.38. The van der Waals surface area contributed by atoms with Crippen molar-refractivity contribution < 1.29 is 9.90 Å². The number of aliphatic hydroxyl groups excluding tert-OH is 1. The van der Waals surface area contributed by atoms with E-state index in [-0.39, 0.29) is 12.5 Å². The van der Waals surface area contributed by atoms with Crippen LogP contribution in [0.25, 0.3) is 0 Å². The second kappa shape index (κ2) is 7.22. The van der Waals surface area contributed by atoms with E-state index in [0.29, 0.717) is 29.8 Å². The third kappa shape index (κ3) is 3.74. The Kier molecular flexibility index (Phi) is 5.58. The number of hydrogen-bond acceptors (Lipinski definition) is 5. The molecule has 1 aromatic rings. The van der Waals surface area contributed by atoms with Gasteiger partial charge in [-0.15, -0.1) is 11.8 Å². The van der Waals surface area contributed by atoms with Crippen LogP contribution < -0.4 is 5.32 Å². The van der Waals surface area contributed by atoms with E-state index in [4.69, 9.17) is 0 Å². The van der Waals surface area contributed by atoms with E-state index in [2.05, 4.69) is 15.3 Å². The number of carbonyl (C=O) groups is 1. The molecule has 0 spiro atoms. The molecule has 0 aromatic carbocycles. The van der Waals surface area contributed by atoms with Crippen LogP contribution in [-0.4, -0.2) is 40.4 Å². The van der Waals surface area contributed by atoms with Crippen LogP contribution >= 0.6 is 11.8 Å². The average molecular weight is 309 g/mol. The lowest BCUT2D eigenvalue weighted by molar-refractivity contribution is 0.0933. The summed E-state index contributed by atoms with van der Waals surface area (Å²) in [6.07, 6.45) is 5.18. The van der Waals surface area contributed by atoms with E-state index in [0.717, 1.165) is 30.0 Å². The number of carbonyl (C=O) groups excluding carboxylic acids is 1. The van der Waals surface area contributed by atoms with Crippen LogP contribution in [0.2, 0.25) is 0 Å². The zero-order valence-corrected chi connectivity index (χ0v) is 13.7.